The molecule has 1 atom stereocenters. The fourth-order valence-corrected chi connectivity index (χ4v) is 4.66. The van der Waals surface area contributed by atoms with Crippen molar-refractivity contribution in [2.75, 3.05) is 26.9 Å². The Bertz CT molecular complexity index is 506. The maximum absolute atomic E-state index is 15.1. The lowest BCUT2D eigenvalue weighted by atomic mass is 10.1. The normalized spacial score (nSPS) is 16.2. The van der Waals surface area contributed by atoms with Crippen molar-refractivity contribution in [2.24, 2.45) is 5.73 Å². The van der Waals surface area contributed by atoms with Gasteiger partial charge in [0.05, 0.1) is 26.9 Å². The summed E-state index contributed by atoms with van der Waals surface area (Å²) < 4.78 is 92.1. The Hall–Kier alpha value is 0.250. The molecule has 0 aromatic carbocycles. The third-order valence-electron chi connectivity index (χ3n) is 3.85. The molecule has 4 nitrogen and oxygen atoms in total. The summed E-state index contributed by atoms with van der Waals surface area (Å²) in [7, 11) is -2.89. The second kappa shape index (κ2) is 9.45. The lowest BCUT2D eigenvalue weighted by Crippen LogP contribution is -3.00. The number of sulfone groups is 1. The number of quaternary nitrogens is 1. The predicted octanol–water partition coefficient (Wildman–Crippen LogP) is 0.282. The van der Waals surface area contributed by atoms with Gasteiger partial charge in [0.15, 0.2) is 0 Å². The summed E-state index contributed by atoms with van der Waals surface area (Å²) in [5.41, 5.74) is 4.10. The summed E-state index contributed by atoms with van der Waals surface area (Å²) >= 11 is 0. The third kappa shape index (κ3) is 5.86. The zero-order valence-electron chi connectivity index (χ0n) is 15.0. The van der Waals surface area contributed by atoms with Crippen LogP contribution in [0.2, 0.25) is 0 Å². The standard InChI is InChI=1S/C14H28F5N2O2S.HI/c1-5-6-7-8-9-10-11-24(22,23)14(19,21(2,3)4)12(15,16)13(17,18)20;/h5-11,20H2,1-4H3;1H/q+1;/p-1. The minimum absolute atomic E-state index is 0. The average Bonchev–Trinajstić information content (AvgIpc) is 2.38. The zero-order chi connectivity index (χ0) is 19.4. The van der Waals surface area contributed by atoms with Crippen molar-refractivity contribution in [3.63, 3.8) is 0 Å². The third-order valence-corrected chi connectivity index (χ3v) is 6.30. The molecule has 0 aromatic heterocycles. The van der Waals surface area contributed by atoms with E-state index in [2.05, 4.69) is 5.73 Å². The molecule has 0 bridgehead atoms. The predicted molar refractivity (Wildman–Crippen MR) is 83.1 cm³/mol. The molecule has 0 aliphatic carbocycles. The Kier molecular flexibility index (Phi) is 10.4. The number of nitrogens with zero attached hydrogens (tertiary/aromatic N) is 1. The van der Waals surface area contributed by atoms with E-state index in [0.717, 1.165) is 40.4 Å². The van der Waals surface area contributed by atoms with Gasteiger partial charge in [-0.25, -0.2) is 8.42 Å². The van der Waals surface area contributed by atoms with E-state index >= 15 is 4.39 Å². The lowest BCUT2D eigenvalue weighted by Gasteiger charge is -2.43. The molecule has 0 saturated carbocycles. The molecule has 0 aromatic rings. The van der Waals surface area contributed by atoms with Crippen LogP contribution in [0.4, 0.5) is 22.0 Å². The van der Waals surface area contributed by atoms with Gasteiger partial charge in [-0.05, 0) is 6.42 Å². The van der Waals surface area contributed by atoms with Crippen molar-refractivity contribution in [1.82, 2.24) is 0 Å². The maximum Gasteiger partial charge on any atom is 0.423 e. The first-order chi connectivity index (χ1) is 10.6. The van der Waals surface area contributed by atoms with Gasteiger partial charge >= 0.3 is 17.1 Å². The summed E-state index contributed by atoms with van der Waals surface area (Å²) in [6.07, 6.45) is 3.71. The van der Waals surface area contributed by atoms with Crippen LogP contribution in [-0.4, -0.2) is 56.9 Å². The molecule has 0 amide bonds. The van der Waals surface area contributed by atoms with E-state index in [-0.39, 0.29) is 30.4 Å². The summed E-state index contributed by atoms with van der Waals surface area (Å²) in [6, 6.07) is -5.32. The van der Waals surface area contributed by atoms with Crippen LogP contribution in [0.1, 0.15) is 45.4 Å². The summed E-state index contributed by atoms with van der Waals surface area (Å²) in [5, 5.41) is -4.54. The van der Waals surface area contributed by atoms with Gasteiger partial charge in [-0.2, -0.15) is 22.0 Å². The highest BCUT2D eigenvalue weighted by Crippen LogP contribution is 2.49. The second-order valence-corrected chi connectivity index (χ2v) is 9.04. The van der Waals surface area contributed by atoms with E-state index in [9.17, 15) is 26.0 Å². The van der Waals surface area contributed by atoms with Gasteiger partial charge in [0, 0.05) is 0 Å². The minimum Gasteiger partial charge on any atom is -1.00 e. The van der Waals surface area contributed by atoms with Crippen LogP contribution < -0.4 is 29.7 Å². The van der Waals surface area contributed by atoms with Crippen molar-refractivity contribution < 1.29 is 58.8 Å². The SMILES string of the molecule is CCCCCCCCS(=O)(=O)C(F)(C(F)(F)C(N)(F)F)[N+](C)(C)C.[I-]. The second-order valence-electron chi connectivity index (χ2n) is 6.86. The van der Waals surface area contributed by atoms with E-state index in [0.29, 0.717) is 12.8 Å². The number of hydrogen-bond acceptors (Lipinski definition) is 3. The van der Waals surface area contributed by atoms with Gasteiger partial charge in [0.25, 0.3) is 0 Å². The highest BCUT2D eigenvalue weighted by atomic mass is 127. The number of alkyl halides is 5. The summed E-state index contributed by atoms with van der Waals surface area (Å²) in [4.78, 5) is 0. The average molecular weight is 510 g/mol. The Balaban J connectivity index is 0. The number of nitrogens with two attached hydrogens (primary N) is 1. The molecule has 11 heteroatoms. The molecular formula is C14H28F5IN2O2S. The van der Waals surface area contributed by atoms with Gasteiger partial charge in [-0.3, -0.25) is 10.2 Å². The van der Waals surface area contributed by atoms with Crippen LogP contribution in [0, 0.1) is 0 Å². The Morgan fingerprint density at radius 3 is 1.64 bits per heavy atom. The monoisotopic (exact) mass is 510 g/mol. The first-order valence-corrected chi connectivity index (χ1v) is 9.48. The topological polar surface area (TPSA) is 60.2 Å². The molecule has 0 rings (SSSR count). The molecule has 0 radical (unpaired) electrons. The fraction of sp³-hybridized carbons (Fsp3) is 1.00. The van der Waals surface area contributed by atoms with Crippen molar-refractivity contribution in [3.05, 3.63) is 0 Å². The van der Waals surface area contributed by atoms with Crippen LogP contribution in [0.5, 0.6) is 0 Å². The van der Waals surface area contributed by atoms with Crippen molar-refractivity contribution in [3.8, 4) is 0 Å². The largest absolute Gasteiger partial charge is 1.00 e. The van der Waals surface area contributed by atoms with Crippen molar-refractivity contribution in [2.45, 2.75) is 62.5 Å². The highest BCUT2D eigenvalue weighted by Gasteiger charge is 2.81. The van der Waals surface area contributed by atoms with Crippen LogP contribution in [0.15, 0.2) is 0 Å². The number of rotatable bonds is 11. The molecule has 0 fully saturated rings. The number of unbranched alkanes of at least 4 members (excludes halogenated alkanes) is 5. The zero-order valence-corrected chi connectivity index (χ0v) is 17.9. The van der Waals surface area contributed by atoms with Crippen molar-refractivity contribution in [1.29, 1.82) is 0 Å². The summed E-state index contributed by atoms with van der Waals surface area (Å²) in [5.74, 6) is -6.53. The van der Waals surface area contributed by atoms with E-state index in [4.69, 9.17) is 0 Å². The molecule has 0 heterocycles. The summed E-state index contributed by atoms with van der Waals surface area (Å²) in [6.45, 7) is 1.98. The Morgan fingerprint density at radius 2 is 1.28 bits per heavy atom. The van der Waals surface area contributed by atoms with Gasteiger partial charge in [0.1, 0.15) is 0 Å². The van der Waals surface area contributed by atoms with E-state index < -0.39 is 37.2 Å². The Labute approximate surface area is 163 Å². The van der Waals surface area contributed by atoms with Gasteiger partial charge in [-0.1, -0.05) is 39.0 Å². The molecule has 0 saturated heterocycles. The van der Waals surface area contributed by atoms with E-state index in [1.807, 2.05) is 6.92 Å². The smallest absolute Gasteiger partial charge is 0.423 e. The van der Waals surface area contributed by atoms with Crippen LogP contribution >= 0.6 is 0 Å². The molecule has 154 valence electrons. The maximum atomic E-state index is 15.1. The molecule has 1 unspecified atom stereocenters. The van der Waals surface area contributed by atoms with Gasteiger partial charge in [0.2, 0.25) is 9.84 Å². The fourth-order valence-electron chi connectivity index (χ4n) is 2.45. The number of halogens is 6. The van der Waals surface area contributed by atoms with Crippen LogP contribution in [0.3, 0.4) is 0 Å². The quantitative estimate of drug-likeness (QED) is 0.143. The number of hydrogen-bond donors (Lipinski definition) is 1. The van der Waals surface area contributed by atoms with Crippen LogP contribution in [-0.2, 0) is 9.84 Å². The minimum atomic E-state index is -5.58. The van der Waals surface area contributed by atoms with E-state index in [1.165, 1.54) is 0 Å². The van der Waals surface area contributed by atoms with Crippen molar-refractivity contribution >= 4 is 9.84 Å². The molecule has 0 aliphatic rings. The Morgan fingerprint density at radius 1 is 0.880 bits per heavy atom. The van der Waals surface area contributed by atoms with E-state index in [1.54, 1.807) is 0 Å². The first kappa shape index (κ1) is 27.5. The van der Waals surface area contributed by atoms with Gasteiger partial charge in [-0.15, -0.1) is 0 Å². The molecule has 2 N–H and O–H groups in total. The molecule has 0 aliphatic heterocycles. The first-order valence-electron chi connectivity index (χ1n) is 7.83. The molecular weight excluding hydrogens is 482 g/mol. The highest BCUT2D eigenvalue weighted by molar-refractivity contribution is 7.92. The molecule has 25 heavy (non-hydrogen) atoms. The lowest BCUT2D eigenvalue weighted by molar-refractivity contribution is -0.936. The van der Waals surface area contributed by atoms with Gasteiger partial charge < -0.3 is 24.0 Å². The van der Waals surface area contributed by atoms with Crippen LogP contribution in [0.25, 0.3) is 0 Å². The molecule has 0 spiro atoms.